The molecule has 1 aromatic carbocycles. The van der Waals surface area contributed by atoms with Crippen molar-refractivity contribution in [2.24, 2.45) is 5.73 Å². The molecule has 0 bridgehead atoms. The first kappa shape index (κ1) is 14.3. The van der Waals surface area contributed by atoms with Gasteiger partial charge in [0.05, 0.1) is 6.54 Å². The van der Waals surface area contributed by atoms with Crippen LogP contribution in [-0.4, -0.2) is 29.8 Å². The van der Waals surface area contributed by atoms with E-state index in [9.17, 15) is 12.8 Å². The molecule has 0 amide bonds. The number of aromatic nitrogens is 3. The van der Waals surface area contributed by atoms with Crippen molar-refractivity contribution in [3.63, 3.8) is 0 Å². The van der Waals surface area contributed by atoms with Crippen LogP contribution in [0.1, 0.15) is 5.56 Å². The number of nitrogens with one attached hydrogen (secondary N) is 1. The highest BCUT2D eigenvalue weighted by molar-refractivity contribution is 7.93. The van der Waals surface area contributed by atoms with Crippen molar-refractivity contribution >= 4 is 26.7 Å². The zero-order chi connectivity index (χ0) is 14.6. The van der Waals surface area contributed by atoms with E-state index in [0.29, 0.717) is 5.56 Å². The Balaban J connectivity index is 2.33. The SMILES string of the molecule is NCC#Cc1ccc(S(=O)(=O)Nc2nnns2)c(F)c1. The van der Waals surface area contributed by atoms with Gasteiger partial charge in [-0.3, -0.25) is 4.72 Å². The maximum absolute atomic E-state index is 13.8. The van der Waals surface area contributed by atoms with Gasteiger partial charge in [-0.1, -0.05) is 21.4 Å². The number of nitrogens with zero attached hydrogens (tertiary/aromatic N) is 3. The van der Waals surface area contributed by atoms with Crippen LogP contribution in [0.4, 0.5) is 9.52 Å². The van der Waals surface area contributed by atoms with E-state index in [-0.39, 0.29) is 11.7 Å². The maximum Gasteiger partial charge on any atom is 0.266 e. The molecule has 0 aliphatic rings. The molecule has 10 heteroatoms. The molecule has 0 aliphatic heterocycles. The van der Waals surface area contributed by atoms with E-state index in [1.165, 1.54) is 6.07 Å². The fraction of sp³-hybridized carbons (Fsp3) is 0.100. The molecule has 0 aliphatic carbocycles. The van der Waals surface area contributed by atoms with Gasteiger partial charge in [-0.25, -0.2) is 12.8 Å². The summed E-state index contributed by atoms with van der Waals surface area (Å²) in [5.74, 6) is 4.24. The highest BCUT2D eigenvalue weighted by atomic mass is 32.2. The van der Waals surface area contributed by atoms with Crippen LogP contribution in [-0.2, 0) is 10.0 Å². The second kappa shape index (κ2) is 5.91. The maximum atomic E-state index is 13.8. The Bertz CT molecular complexity index is 765. The minimum Gasteiger partial charge on any atom is -0.320 e. The van der Waals surface area contributed by atoms with Crippen LogP contribution in [0.25, 0.3) is 0 Å². The molecular formula is C10H8FN5O2S2. The van der Waals surface area contributed by atoms with Crippen LogP contribution in [0.3, 0.4) is 0 Å². The van der Waals surface area contributed by atoms with E-state index >= 15 is 0 Å². The lowest BCUT2D eigenvalue weighted by atomic mass is 10.2. The third kappa shape index (κ3) is 3.27. The average molecular weight is 313 g/mol. The largest absolute Gasteiger partial charge is 0.320 e. The Morgan fingerprint density at radius 2 is 2.25 bits per heavy atom. The fourth-order valence-electron chi connectivity index (χ4n) is 1.29. The molecule has 0 radical (unpaired) electrons. The topological polar surface area (TPSA) is 111 Å². The Morgan fingerprint density at radius 1 is 1.45 bits per heavy atom. The molecule has 0 atom stereocenters. The lowest BCUT2D eigenvalue weighted by Crippen LogP contribution is -2.14. The molecule has 1 heterocycles. The van der Waals surface area contributed by atoms with Crippen LogP contribution < -0.4 is 10.5 Å². The number of hydrogen-bond donors (Lipinski definition) is 2. The summed E-state index contributed by atoms with van der Waals surface area (Å²) in [4.78, 5) is -0.508. The highest BCUT2D eigenvalue weighted by Crippen LogP contribution is 2.19. The number of halogens is 1. The van der Waals surface area contributed by atoms with Gasteiger partial charge in [-0.15, -0.1) is 0 Å². The monoisotopic (exact) mass is 313 g/mol. The molecule has 0 spiro atoms. The van der Waals surface area contributed by atoms with Crippen LogP contribution in [0.15, 0.2) is 23.1 Å². The second-order valence-corrected chi connectivity index (χ2v) is 5.81. The van der Waals surface area contributed by atoms with Gasteiger partial charge in [0.15, 0.2) is 0 Å². The number of nitrogens with two attached hydrogens (primary N) is 1. The molecule has 0 fully saturated rings. The standard InChI is InChI=1S/C10H8FN5O2S2/c11-8-6-7(2-1-5-12)3-4-9(8)20(17,18)14-10-13-15-16-19-10/h3-4,6H,5,12H2,(H,13,14,16). The van der Waals surface area contributed by atoms with E-state index in [1.807, 2.05) is 0 Å². The van der Waals surface area contributed by atoms with E-state index in [4.69, 9.17) is 5.73 Å². The van der Waals surface area contributed by atoms with Crippen molar-refractivity contribution < 1.29 is 12.8 Å². The van der Waals surface area contributed by atoms with E-state index in [2.05, 4.69) is 31.4 Å². The van der Waals surface area contributed by atoms with Gasteiger partial charge < -0.3 is 5.73 Å². The fourth-order valence-corrected chi connectivity index (χ4v) is 2.94. The molecule has 104 valence electrons. The molecule has 3 N–H and O–H groups in total. The molecule has 0 unspecified atom stereocenters. The van der Waals surface area contributed by atoms with Crippen LogP contribution >= 0.6 is 11.5 Å². The number of sulfonamides is 1. The van der Waals surface area contributed by atoms with Crippen molar-refractivity contribution in [2.45, 2.75) is 4.90 Å². The summed E-state index contributed by atoms with van der Waals surface area (Å²) < 4.78 is 43.2. The third-order valence-corrected chi connectivity index (χ3v) is 4.09. The van der Waals surface area contributed by atoms with Crippen molar-refractivity contribution in [3.8, 4) is 11.8 Å². The zero-order valence-electron chi connectivity index (χ0n) is 9.87. The number of rotatable bonds is 3. The van der Waals surface area contributed by atoms with Crippen LogP contribution in [0, 0.1) is 17.7 Å². The van der Waals surface area contributed by atoms with Gasteiger partial charge in [-0.2, -0.15) is 0 Å². The predicted octanol–water partition coefficient (Wildman–Crippen LogP) is 0.183. The summed E-state index contributed by atoms with van der Waals surface area (Å²) >= 11 is 0.743. The molecule has 2 aromatic rings. The van der Waals surface area contributed by atoms with Gasteiger partial charge in [0.1, 0.15) is 10.7 Å². The van der Waals surface area contributed by atoms with E-state index in [0.717, 1.165) is 23.7 Å². The van der Waals surface area contributed by atoms with Gasteiger partial charge in [0, 0.05) is 17.1 Å². The second-order valence-electron chi connectivity index (χ2n) is 3.42. The first-order valence-electron chi connectivity index (χ1n) is 5.19. The van der Waals surface area contributed by atoms with Crippen molar-refractivity contribution in [2.75, 3.05) is 11.3 Å². The normalized spacial score (nSPS) is 10.7. The predicted molar refractivity (Wildman–Crippen MR) is 70.8 cm³/mol. The molecule has 7 nitrogen and oxygen atoms in total. The zero-order valence-corrected chi connectivity index (χ0v) is 11.5. The van der Waals surface area contributed by atoms with Gasteiger partial charge >= 0.3 is 0 Å². The highest BCUT2D eigenvalue weighted by Gasteiger charge is 2.20. The van der Waals surface area contributed by atoms with Crippen LogP contribution in [0.2, 0.25) is 0 Å². The van der Waals surface area contributed by atoms with E-state index < -0.39 is 20.7 Å². The molecule has 0 saturated heterocycles. The minimum absolute atomic E-state index is 0.0450. The summed E-state index contributed by atoms with van der Waals surface area (Å²) in [6, 6.07) is 3.53. The molecule has 20 heavy (non-hydrogen) atoms. The summed E-state index contributed by atoms with van der Waals surface area (Å²) in [5.41, 5.74) is 5.54. The van der Waals surface area contributed by atoms with Crippen molar-refractivity contribution in [1.29, 1.82) is 0 Å². The van der Waals surface area contributed by atoms with Crippen molar-refractivity contribution in [1.82, 2.24) is 14.8 Å². The van der Waals surface area contributed by atoms with Gasteiger partial charge in [0.2, 0.25) is 5.13 Å². The summed E-state index contributed by atoms with van der Waals surface area (Å²) in [5, 5.41) is 6.62. The Hall–Kier alpha value is -2.09. The average Bonchev–Trinajstić information content (AvgIpc) is 2.88. The minimum atomic E-state index is -4.08. The lowest BCUT2D eigenvalue weighted by Gasteiger charge is -2.05. The van der Waals surface area contributed by atoms with Crippen LogP contribution in [0.5, 0.6) is 0 Å². The first-order chi connectivity index (χ1) is 9.53. The molecule has 2 rings (SSSR count). The molecule has 0 saturated carbocycles. The quantitative estimate of drug-likeness (QED) is 0.782. The third-order valence-electron chi connectivity index (χ3n) is 2.08. The summed E-state index contributed by atoms with van der Waals surface area (Å²) in [7, 11) is -4.08. The van der Waals surface area contributed by atoms with Gasteiger partial charge in [-0.05, 0) is 23.4 Å². The molecular weight excluding hydrogens is 305 g/mol. The van der Waals surface area contributed by atoms with Crippen molar-refractivity contribution in [3.05, 3.63) is 29.6 Å². The first-order valence-corrected chi connectivity index (χ1v) is 7.45. The molecule has 1 aromatic heterocycles. The number of hydrogen-bond acceptors (Lipinski definition) is 7. The Labute approximate surface area is 118 Å². The summed E-state index contributed by atoms with van der Waals surface area (Å²) in [6.45, 7) is 0.132. The van der Waals surface area contributed by atoms with E-state index in [1.54, 1.807) is 0 Å². The Morgan fingerprint density at radius 3 is 2.85 bits per heavy atom. The van der Waals surface area contributed by atoms with Gasteiger partial charge in [0.25, 0.3) is 10.0 Å². The smallest absolute Gasteiger partial charge is 0.266 e. The Kier molecular flexibility index (Phi) is 4.23. The number of benzene rings is 1. The summed E-state index contributed by atoms with van der Waals surface area (Å²) in [6.07, 6.45) is 0. The lowest BCUT2D eigenvalue weighted by molar-refractivity contribution is 0.570. The number of anilines is 1.